The van der Waals surface area contributed by atoms with Gasteiger partial charge in [0.05, 0.1) is 4.92 Å². The maximum atomic E-state index is 13.4. The van der Waals surface area contributed by atoms with Gasteiger partial charge in [-0.25, -0.2) is 0 Å². The molecule has 21 heavy (non-hydrogen) atoms. The molecule has 1 aromatic rings. The van der Waals surface area contributed by atoms with Gasteiger partial charge in [0.25, 0.3) is 0 Å². The molecule has 0 aliphatic carbocycles. The lowest BCUT2D eigenvalue weighted by Gasteiger charge is -2.28. The van der Waals surface area contributed by atoms with Crippen molar-refractivity contribution in [1.29, 1.82) is 0 Å². The average molecular weight is 300 g/mol. The molecule has 0 amide bonds. The van der Waals surface area contributed by atoms with Crippen molar-refractivity contribution in [2.45, 2.75) is 32.4 Å². The van der Waals surface area contributed by atoms with E-state index in [4.69, 9.17) is 4.74 Å². The summed E-state index contributed by atoms with van der Waals surface area (Å²) in [5.74, 6) is -2.12. The Labute approximate surface area is 120 Å². The van der Waals surface area contributed by atoms with Crippen molar-refractivity contribution in [3.8, 4) is 5.75 Å². The largest absolute Gasteiger partial charge is 0.491 e. The standard InChI is InChI=1S/C13H17FN2O5/c1-8(2)15-13(3,12(17)18)7-21-9-4-5-11(16(19)20)10(14)6-9/h4-6,8,15H,7H2,1-3H3,(H,17,18). The molecule has 1 aromatic carbocycles. The molecule has 1 unspecified atom stereocenters. The maximum absolute atomic E-state index is 13.4. The van der Waals surface area contributed by atoms with Crippen molar-refractivity contribution in [2.75, 3.05) is 6.61 Å². The van der Waals surface area contributed by atoms with Gasteiger partial charge in [-0.1, -0.05) is 0 Å². The minimum absolute atomic E-state index is 0.0242. The summed E-state index contributed by atoms with van der Waals surface area (Å²) in [5.41, 5.74) is -2.02. The fourth-order valence-corrected chi connectivity index (χ4v) is 1.76. The van der Waals surface area contributed by atoms with Crippen LogP contribution in [0.1, 0.15) is 20.8 Å². The smallest absolute Gasteiger partial charge is 0.327 e. The number of rotatable bonds is 7. The lowest BCUT2D eigenvalue weighted by atomic mass is 10.0. The molecule has 0 radical (unpaired) electrons. The molecule has 0 heterocycles. The molecular weight excluding hydrogens is 283 g/mol. The Balaban J connectivity index is 2.84. The van der Waals surface area contributed by atoms with Gasteiger partial charge in [-0.05, 0) is 26.8 Å². The van der Waals surface area contributed by atoms with Crippen molar-refractivity contribution >= 4 is 11.7 Å². The highest BCUT2D eigenvalue weighted by molar-refractivity contribution is 5.78. The lowest BCUT2D eigenvalue weighted by molar-refractivity contribution is -0.387. The van der Waals surface area contributed by atoms with Crippen LogP contribution in [0.15, 0.2) is 18.2 Å². The van der Waals surface area contributed by atoms with E-state index in [1.165, 1.54) is 13.0 Å². The zero-order valence-electron chi connectivity index (χ0n) is 11.9. The summed E-state index contributed by atoms with van der Waals surface area (Å²) in [5, 5.41) is 22.6. The number of hydrogen-bond acceptors (Lipinski definition) is 5. The van der Waals surface area contributed by atoms with E-state index in [1.54, 1.807) is 13.8 Å². The van der Waals surface area contributed by atoms with Crippen molar-refractivity contribution in [3.05, 3.63) is 34.1 Å². The molecule has 0 saturated carbocycles. The third-order valence-electron chi connectivity index (χ3n) is 2.72. The molecule has 0 aromatic heterocycles. The Morgan fingerprint density at radius 1 is 1.57 bits per heavy atom. The summed E-state index contributed by atoms with van der Waals surface area (Å²) in [6.07, 6.45) is 0. The number of carbonyl (C=O) groups is 1. The number of nitrogens with one attached hydrogen (secondary N) is 1. The fourth-order valence-electron chi connectivity index (χ4n) is 1.76. The Morgan fingerprint density at radius 3 is 2.62 bits per heavy atom. The second-order valence-corrected chi connectivity index (χ2v) is 5.10. The van der Waals surface area contributed by atoms with E-state index in [0.717, 1.165) is 12.1 Å². The molecule has 116 valence electrons. The van der Waals surface area contributed by atoms with Crippen molar-refractivity contribution in [1.82, 2.24) is 5.32 Å². The number of carboxylic acid groups (broad SMARTS) is 1. The predicted molar refractivity (Wildman–Crippen MR) is 72.9 cm³/mol. The molecule has 7 nitrogen and oxygen atoms in total. The molecule has 2 N–H and O–H groups in total. The van der Waals surface area contributed by atoms with Crippen LogP contribution in [-0.4, -0.2) is 34.2 Å². The normalized spacial score (nSPS) is 13.8. The van der Waals surface area contributed by atoms with E-state index in [1.807, 2.05) is 0 Å². The number of halogens is 1. The summed E-state index contributed by atoms with van der Waals surface area (Å²) < 4.78 is 18.7. The van der Waals surface area contributed by atoms with Gasteiger partial charge in [-0.2, -0.15) is 4.39 Å². The Morgan fingerprint density at radius 2 is 2.19 bits per heavy atom. The minimum Gasteiger partial charge on any atom is -0.491 e. The first-order valence-electron chi connectivity index (χ1n) is 6.23. The van der Waals surface area contributed by atoms with Crippen LogP contribution in [0, 0.1) is 15.9 Å². The van der Waals surface area contributed by atoms with Crippen LogP contribution in [0.4, 0.5) is 10.1 Å². The second kappa shape index (κ2) is 6.49. The highest BCUT2D eigenvalue weighted by Crippen LogP contribution is 2.23. The number of aliphatic carboxylic acids is 1. The summed E-state index contributed by atoms with van der Waals surface area (Å²) in [6.45, 7) is 4.76. The number of ether oxygens (including phenoxy) is 1. The van der Waals surface area contributed by atoms with Crippen molar-refractivity contribution in [2.24, 2.45) is 0 Å². The zero-order chi connectivity index (χ0) is 16.2. The molecular formula is C13H17FN2O5. The van der Waals surface area contributed by atoms with Crippen molar-refractivity contribution < 1.29 is 24.0 Å². The average Bonchev–Trinajstić information content (AvgIpc) is 2.35. The van der Waals surface area contributed by atoms with Gasteiger partial charge in [0.1, 0.15) is 17.9 Å². The van der Waals surface area contributed by atoms with Crippen LogP contribution in [0.5, 0.6) is 5.75 Å². The first-order valence-corrected chi connectivity index (χ1v) is 6.23. The topological polar surface area (TPSA) is 102 Å². The molecule has 0 saturated heterocycles. The number of benzene rings is 1. The van der Waals surface area contributed by atoms with Crippen LogP contribution in [-0.2, 0) is 4.79 Å². The summed E-state index contributed by atoms with van der Waals surface area (Å²) in [7, 11) is 0. The third-order valence-corrected chi connectivity index (χ3v) is 2.72. The van der Waals surface area contributed by atoms with E-state index < -0.39 is 27.9 Å². The first kappa shape index (κ1) is 16.8. The van der Waals surface area contributed by atoms with Gasteiger partial charge in [-0.3, -0.25) is 20.2 Å². The van der Waals surface area contributed by atoms with Gasteiger partial charge in [0, 0.05) is 18.2 Å². The molecule has 0 fully saturated rings. The van der Waals surface area contributed by atoms with Crippen LogP contribution >= 0.6 is 0 Å². The molecule has 1 atom stereocenters. The van der Waals surface area contributed by atoms with E-state index in [2.05, 4.69) is 5.32 Å². The highest BCUT2D eigenvalue weighted by Gasteiger charge is 2.34. The van der Waals surface area contributed by atoms with Crippen molar-refractivity contribution in [3.63, 3.8) is 0 Å². The van der Waals surface area contributed by atoms with E-state index in [9.17, 15) is 24.4 Å². The first-order chi connectivity index (χ1) is 9.65. The summed E-state index contributed by atoms with van der Waals surface area (Å²) in [6, 6.07) is 2.95. The van der Waals surface area contributed by atoms with Gasteiger partial charge in [0.2, 0.25) is 5.82 Å². The maximum Gasteiger partial charge on any atom is 0.327 e. The monoisotopic (exact) mass is 300 g/mol. The van der Waals surface area contributed by atoms with Gasteiger partial charge >= 0.3 is 11.7 Å². The molecule has 0 spiro atoms. The number of hydrogen-bond donors (Lipinski definition) is 2. The number of carboxylic acids is 1. The van der Waals surface area contributed by atoms with E-state index >= 15 is 0 Å². The summed E-state index contributed by atoms with van der Waals surface area (Å²) in [4.78, 5) is 20.9. The predicted octanol–water partition coefficient (Wildman–Crippen LogP) is 1.95. The van der Waals surface area contributed by atoms with Gasteiger partial charge in [0.15, 0.2) is 0 Å². The van der Waals surface area contributed by atoms with E-state index in [-0.39, 0.29) is 18.4 Å². The Bertz CT molecular complexity index is 549. The molecule has 8 heteroatoms. The number of nitro benzene ring substituents is 1. The van der Waals surface area contributed by atoms with Crippen LogP contribution < -0.4 is 10.1 Å². The van der Waals surface area contributed by atoms with E-state index in [0.29, 0.717) is 0 Å². The Kier molecular flexibility index (Phi) is 5.20. The molecule has 1 rings (SSSR count). The molecule has 0 bridgehead atoms. The zero-order valence-corrected chi connectivity index (χ0v) is 11.9. The lowest BCUT2D eigenvalue weighted by Crippen LogP contribution is -2.56. The van der Waals surface area contributed by atoms with Crippen LogP contribution in [0.3, 0.4) is 0 Å². The SMILES string of the molecule is CC(C)NC(C)(COc1ccc([N+](=O)[O-])c(F)c1)C(=O)O. The number of nitrogens with zero attached hydrogens (tertiary/aromatic N) is 1. The summed E-state index contributed by atoms with van der Waals surface area (Å²) >= 11 is 0. The molecule has 0 aliphatic rings. The Hall–Kier alpha value is -2.22. The minimum atomic E-state index is -1.35. The second-order valence-electron chi connectivity index (χ2n) is 5.10. The van der Waals surface area contributed by atoms with Gasteiger partial charge < -0.3 is 9.84 Å². The highest BCUT2D eigenvalue weighted by atomic mass is 19.1. The van der Waals surface area contributed by atoms with Crippen LogP contribution in [0.25, 0.3) is 0 Å². The fraction of sp³-hybridized carbons (Fsp3) is 0.462. The van der Waals surface area contributed by atoms with Gasteiger partial charge in [-0.15, -0.1) is 0 Å². The quantitative estimate of drug-likeness (QED) is 0.589. The molecule has 0 aliphatic heterocycles. The van der Waals surface area contributed by atoms with Crippen LogP contribution in [0.2, 0.25) is 0 Å². The number of nitro groups is 1. The third kappa shape index (κ3) is 4.38.